The monoisotopic (exact) mass is 271 g/mol. The van der Waals surface area contributed by atoms with Gasteiger partial charge in [0, 0.05) is 12.6 Å². The summed E-state index contributed by atoms with van der Waals surface area (Å²) in [5.74, 6) is -0.0205. The number of ether oxygens (including phenoxy) is 1. The molecule has 4 nitrogen and oxygen atoms in total. The highest BCUT2D eigenvalue weighted by atomic mass is 16.6. The standard InChI is InChI=1S/C15H29NO3/c1-14(2,3)19-13(17)11-6-8-12(9-7-11)16-10-15(4,5)18/h11-12,16,18H,6-10H2,1-5H3. The Bertz CT molecular complexity index is 293. The van der Waals surface area contributed by atoms with Crippen molar-refractivity contribution in [2.45, 2.75) is 77.5 Å². The topological polar surface area (TPSA) is 58.6 Å². The molecule has 1 fully saturated rings. The predicted octanol–water partition coefficient (Wildman–Crippen LogP) is 2.25. The molecule has 0 spiro atoms. The van der Waals surface area contributed by atoms with E-state index in [2.05, 4.69) is 5.32 Å². The molecule has 112 valence electrons. The lowest BCUT2D eigenvalue weighted by Gasteiger charge is -2.31. The average molecular weight is 271 g/mol. The van der Waals surface area contributed by atoms with Crippen molar-refractivity contribution in [3.05, 3.63) is 0 Å². The Balaban J connectivity index is 2.31. The molecule has 0 atom stereocenters. The number of rotatable bonds is 4. The molecule has 0 bridgehead atoms. The summed E-state index contributed by atoms with van der Waals surface area (Å²) in [5, 5.41) is 13.0. The van der Waals surface area contributed by atoms with Crippen LogP contribution >= 0.6 is 0 Å². The van der Waals surface area contributed by atoms with Gasteiger partial charge in [-0.15, -0.1) is 0 Å². The van der Waals surface area contributed by atoms with Gasteiger partial charge in [0.05, 0.1) is 11.5 Å². The Morgan fingerprint density at radius 3 is 2.11 bits per heavy atom. The Hall–Kier alpha value is -0.610. The highest BCUT2D eigenvalue weighted by molar-refractivity contribution is 5.73. The van der Waals surface area contributed by atoms with Crippen LogP contribution in [-0.4, -0.2) is 34.9 Å². The summed E-state index contributed by atoms with van der Waals surface area (Å²) < 4.78 is 5.43. The molecule has 0 heterocycles. The van der Waals surface area contributed by atoms with Crippen LogP contribution in [0.5, 0.6) is 0 Å². The largest absolute Gasteiger partial charge is 0.460 e. The number of hydrogen-bond donors (Lipinski definition) is 2. The molecule has 0 saturated heterocycles. The molecule has 0 radical (unpaired) electrons. The first-order valence-electron chi connectivity index (χ1n) is 7.25. The lowest BCUT2D eigenvalue weighted by Crippen LogP contribution is -2.43. The minimum Gasteiger partial charge on any atom is -0.460 e. The highest BCUT2D eigenvalue weighted by Crippen LogP contribution is 2.27. The molecule has 1 saturated carbocycles. The van der Waals surface area contributed by atoms with Crippen LogP contribution in [0.25, 0.3) is 0 Å². The molecule has 0 aromatic rings. The predicted molar refractivity (Wildman–Crippen MR) is 75.9 cm³/mol. The van der Waals surface area contributed by atoms with Gasteiger partial charge in [0.25, 0.3) is 0 Å². The fourth-order valence-corrected chi connectivity index (χ4v) is 2.31. The van der Waals surface area contributed by atoms with Crippen molar-refractivity contribution in [1.82, 2.24) is 5.32 Å². The minimum absolute atomic E-state index is 0.0411. The zero-order chi connectivity index (χ0) is 14.7. The van der Waals surface area contributed by atoms with Gasteiger partial charge in [-0.2, -0.15) is 0 Å². The lowest BCUT2D eigenvalue weighted by molar-refractivity contribution is -0.161. The first kappa shape index (κ1) is 16.4. The maximum atomic E-state index is 12.0. The lowest BCUT2D eigenvalue weighted by atomic mass is 9.85. The summed E-state index contributed by atoms with van der Waals surface area (Å²) >= 11 is 0. The van der Waals surface area contributed by atoms with E-state index in [1.807, 2.05) is 20.8 Å². The average Bonchev–Trinajstić information content (AvgIpc) is 2.23. The third-order valence-corrected chi connectivity index (χ3v) is 3.29. The van der Waals surface area contributed by atoms with Crippen LogP contribution in [-0.2, 0) is 9.53 Å². The maximum Gasteiger partial charge on any atom is 0.309 e. The van der Waals surface area contributed by atoms with E-state index in [9.17, 15) is 9.90 Å². The normalized spacial score (nSPS) is 25.2. The van der Waals surface area contributed by atoms with Gasteiger partial charge >= 0.3 is 5.97 Å². The van der Waals surface area contributed by atoms with Gasteiger partial charge in [-0.1, -0.05) is 0 Å². The van der Waals surface area contributed by atoms with Crippen molar-refractivity contribution in [1.29, 1.82) is 0 Å². The first-order valence-corrected chi connectivity index (χ1v) is 7.25. The van der Waals surface area contributed by atoms with Crippen molar-refractivity contribution in [2.24, 2.45) is 5.92 Å². The van der Waals surface area contributed by atoms with Crippen molar-refractivity contribution in [2.75, 3.05) is 6.54 Å². The molecule has 19 heavy (non-hydrogen) atoms. The highest BCUT2D eigenvalue weighted by Gasteiger charge is 2.30. The zero-order valence-corrected chi connectivity index (χ0v) is 13.0. The molecule has 0 amide bonds. The number of nitrogens with one attached hydrogen (secondary N) is 1. The summed E-state index contributed by atoms with van der Waals surface area (Å²) in [7, 11) is 0. The van der Waals surface area contributed by atoms with Gasteiger partial charge in [0.2, 0.25) is 0 Å². The van der Waals surface area contributed by atoms with Crippen molar-refractivity contribution in [3.63, 3.8) is 0 Å². The van der Waals surface area contributed by atoms with E-state index in [4.69, 9.17) is 4.74 Å². The zero-order valence-electron chi connectivity index (χ0n) is 13.0. The van der Waals surface area contributed by atoms with Crippen LogP contribution in [0, 0.1) is 5.92 Å². The van der Waals surface area contributed by atoms with E-state index in [-0.39, 0.29) is 11.9 Å². The van der Waals surface area contributed by atoms with E-state index in [1.165, 1.54) is 0 Å². The fourth-order valence-electron chi connectivity index (χ4n) is 2.31. The Morgan fingerprint density at radius 1 is 1.16 bits per heavy atom. The van der Waals surface area contributed by atoms with E-state index < -0.39 is 11.2 Å². The molecule has 0 aromatic carbocycles. The molecule has 0 aromatic heterocycles. The van der Waals surface area contributed by atoms with E-state index in [0.717, 1.165) is 25.7 Å². The van der Waals surface area contributed by atoms with Crippen LogP contribution < -0.4 is 5.32 Å². The van der Waals surface area contributed by atoms with E-state index in [1.54, 1.807) is 13.8 Å². The van der Waals surface area contributed by atoms with Crippen LogP contribution in [0.3, 0.4) is 0 Å². The van der Waals surface area contributed by atoms with Gasteiger partial charge in [0.15, 0.2) is 0 Å². The fraction of sp³-hybridized carbons (Fsp3) is 0.933. The molecular weight excluding hydrogens is 242 g/mol. The Labute approximate surface area is 116 Å². The summed E-state index contributed by atoms with van der Waals surface area (Å²) in [5.41, 5.74) is -1.07. The summed E-state index contributed by atoms with van der Waals surface area (Å²) in [4.78, 5) is 12.0. The molecule has 0 unspecified atom stereocenters. The van der Waals surface area contributed by atoms with Crippen LogP contribution in [0.1, 0.15) is 60.3 Å². The van der Waals surface area contributed by atoms with Gasteiger partial charge in [0.1, 0.15) is 5.60 Å². The van der Waals surface area contributed by atoms with Crippen LogP contribution in [0.2, 0.25) is 0 Å². The molecule has 1 rings (SSSR count). The number of hydrogen-bond acceptors (Lipinski definition) is 4. The van der Waals surface area contributed by atoms with Crippen LogP contribution in [0.4, 0.5) is 0 Å². The minimum atomic E-state index is -0.679. The number of carbonyl (C=O) groups excluding carboxylic acids is 1. The van der Waals surface area contributed by atoms with Crippen LogP contribution in [0.15, 0.2) is 0 Å². The molecule has 1 aliphatic carbocycles. The van der Waals surface area contributed by atoms with Crippen molar-refractivity contribution < 1.29 is 14.6 Å². The number of aliphatic hydroxyl groups is 1. The SMILES string of the molecule is CC(C)(O)CNC1CCC(C(=O)OC(C)(C)C)CC1. The number of carbonyl (C=O) groups is 1. The molecule has 0 aliphatic heterocycles. The van der Waals surface area contributed by atoms with Crippen molar-refractivity contribution in [3.8, 4) is 0 Å². The van der Waals surface area contributed by atoms with Gasteiger partial charge < -0.3 is 15.2 Å². The number of esters is 1. The molecule has 1 aliphatic rings. The summed E-state index contributed by atoms with van der Waals surface area (Å²) in [6.07, 6.45) is 3.69. The van der Waals surface area contributed by atoms with E-state index >= 15 is 0 Å². The summed E-state index contributed by atoms with van der Waals surface area (Å²) in [6, 6.07) is 0.408. The van der Waals surface area contributed by atoms with Crippen molar-refractivity contribution >= 4 is 5.97 Å². The molecule has 4 heteroatoms. The third-order valence-electron chi connectivity index (χ3n) is 3.29. The quantitative estimate of drug-likeness (QED) is 0.770. The Kier molecular flexibility index (Phi) is 5.39. The second-order valence-corrected chi connectivity index (χ2v) is 7.28. The summed E-state index contributed by atoms with van der Waals surface area (Å²) in [6.45, 7) is 9.90. The maximum absolute atomic E-state index is 12.0. The molecular formula is C15H29NO3. The van der Waals surface area contributed by atoms with Gasteiger partial charge in [-0.25, -0.2) is 0 Å². The second-order valence-electron chi connectivity index (χ2n) is 7.28. The smallest absolute Gasteiger partial charge is 0.309 e. The molecule has 2 N–H and O–H groups in total. The first-order chi connectivity index (χ1) is 8.57. The van der Waals surface area contributed by atoms with E-state index in [0.29, 0.717) is 12.6 Å². The second kappa shape index (κ2) is 6.23. The third kappa shape index (κ3) is 6.92. The van der Waals surface area contributed by atoms with Gasteiger partial charge in [-0.3, -0.25) is 4.79 Å². The van der Waals surface area contributed by atoms with Gasteiger partial charge in [-0.05, 0) is 60.3 Å². The Morgan fingerprint density at radius 2 is 1.68 bits per heavy atom.